The third kappa shape index (κ3) is 4.32. The van der Waals surface area contributed by atoms with E-state index in [1.165, 1.54) is 0 Å². The monoisotopic (exact) mass is 378 g/mol. The normalized spacial score (nSPS) is 19.3. The van der Waals surface area contributed by atoms with Gasteiger partial charge in [0, 0.05) is 16.6 Å². The van der Waals surface area contributed by atoms with Gasteiger partial charge in [0.1, 0.15) is 0 Å². The molecule has 2 aromatic carbocycles. The van der Waals surface area contributed by atoms with Crippen molar-refractivity contribution in [2.75, 3.05) is 16.3 Å². The number of nitrogens with one attached hydrogen (secondary N) is 2. The second-order valence-electron chi connectivity index (χ2n) is 6.36. The van der Waals surface area contributed by atoms with E-state index in [2.05, 4.69) is 10.0 Å². The van der Waals surface area contributed by atoms with Crippen LogP contribution < -0.4 is 10.0 Å². The number of rotatable bonds is 5. The fraction of sp³-hybridized carbons (Fsp3) is 0.278. The highest BCUT2D eigenvalue weighted by molar-refractivity contribution is 7.92. The third-order valence-electron chi connectivity index (χ3n) is 4.23. The van der Waals surface area contributed by atoms with Crippen LogP contribution in [0.4, 0.5) is 11.4 Å². The van der Waals surface area contributed by atoms with Crippen molar-refractivity contribution in [3.8, 4) is 0 Å². The van der Waals surface area contributed by atoms with E-state index in [1.54, 1.807) is 25.1 Å². The van der Waals surface area contributed by atoms with Crippen LogP contribution in [0, 0.1) is 12.8 Å². The van der Waals surface area contributed by atoms with Crippen LogP contribution >= 0.6 is 11.6 Å². The van der Waals surface area contributed by atoms with Gasteiger partial charge < -0.3 is 5.32 Å². The molecule has 0 spiro atoms. The van der Waals surface area contributed by atoms with Crippen LogP contribution in [0.25, 0.3) is 0 Å². The number of hydrogen-bond donors (Lipinski definition) is 2. The van der Waals surface area contributed by atoms with Crippen molar-refractivity contribution in [2.45, 2.75) is 19.3 Å². The molecule has 3 rings (SSSR count). The minimum atomic E-state index is -3.38. The molecule has 2 atom stereocenters. The zero-order valence-electron chi connectivity index (χ0n) is 13.9. The number of amides is 1. The van der Waals surface area contributed by atoms with Crippen molar-refractivity contribution >= 4 is 38.9 Å². The molecule has 7 heteroatoms. The molecule has 5 nitrogen and oxygen atoms in total. The van der Waals surface area contributed by atoms with E-state index in [-0.39, 0.29) is 17.7 Å². The first-order valence-electron chi connectivity index (χ1n) is 7.88. The summed E-state index contributed by atoms with van der Waals surface area (Å²) in [5, 5.41) is 3.54. The van der Waals surface area contributed by atoms with E-state index < -0.39 is 10.0 Å². The van der Waals surface area contributed by atoms with Gasteiger partial charge in [0.2, 0.25) is 15.9 Å². The Bertz CT molecular complexity index is 928. The molecule has 0 bridgehead atoms. The molecule has 2 aromatic rings. The zero-order valence-corrected chi connectivity index (χ0v) is 15.5. The van der Waals surface area contributed by atoms with Gasteiger partial charge in [0.25, 0.3) is 0 Å². The molecule has 0 radical (unpaired) electrons. The Kier molecular flexibility index (Phi) is 4.75. The highest BCUT2D eigenvalue weighted by Gasteiger charge is 2.44. The number of anilines is 2. The third-order valence-corrected chi connectivity index (χ3v) is 5.17. The number of benzene rings is 2. The maximum Gasteiger partial charge on any atom is 0.229 e. The van der Waals surface area contributed by atoms with E-state index in [4.69, 9.17) is 11.6 Å². The standard InChI is InChI=1S/C18H19ClN2O3S/c1-11-7-8-12(9-17(11)21-25(2,23)24)20-18(22)15-10-14(15)13-5-3-4-6-16(13)19/h3-9,14-15,21H,10H2,1-2H3,(H,20,22). The first-order valence-corrected chi connectivity index (χ1v) is 10.2. The Labute approximate surface area is 152 Å². The molecular weight excluding hydrogens is 360 g/mol. The lowest BCUT2D eigenvalue weighted by Gasteiger charge is -2.11. The fourth-order valence-electron chi connectivity index (χ4n) is 2.85. The molecule has 2 unspecified atom stereocenters. The smallest absolute Gasteiger partial charge is 0.229 e. The maximum atomic E-state index is 12.5. The number of hydrogen-bond acceptors (Lipinski definition) is 3. The van der Waals surface area contributed by atoms with Gasteiger partial charge >= 0.3 is 0 Å². The second-order valence-corrected chi connectivity index (χ2v) is 8.52. The number of carbonyl (C=O) groups excluding carboxylic acids is 1. The Morgan fingerprint density at radius 1 is 1.20 bits per heavy atom. The molecule has 1 saturated carbocycles. The Balaban J connectivity index is 1.70. The predicted octanol–water partition coefficient (Wildman–Crippen LogP) is 3.76. The van der Waals surface area contributed by atoms with Crippen LogP contribution in [0.5, 0.6) is 0 Å². The molecular formula is C18H19ClN2O3S. The molecule has 25 heavy (non-hydrogen) atoms. The largest absolute Gasteiger partial charge is 0.326 e. The minimum Gasteiger partial charge on any atom is -0.326 e. The average Bonchev–Trinajstić information content (AvgIpc) is 3.30. The van der Waals surface area contributed by atoms with Gasteiger partial charge in [-0.2, -0.15) is 0 Å². The Morgan fingerprint density at radius 2 is 1.92 bits per heavy atom. The molecule has 0 aliphatic heterocycles. The Hall–Kier alpha value is -2.05. The van der Waals surface area contributed by atoms with E-state index in [0.29, 0.717) is 16.4 Å². The first-order chi connectivity index (χ1) is 11.7. The number of sulfonamides is 1. The summed E-state index contributed by atoms with van der Waals surface area (Å²) in [5.41, 5.74) is 2.79. The molecule has 1 aliphatic rings. The zero-order chi connectivity index (χ0) is 18.2. The number of aryl methyl sites for hydroxylation is 1. The lowest BCUT2D eigenvalue weighted by atomic mass is 10.1. The summed E-state index contributed by atoms with van der Waals surface area (Å²) in [4.78, 5) is 12.5. The van der Waals surface area contributed by atoms with Gasteiger partial charge in [-0.15, -0.1) is 0 Å². The van der Waals surface area contributed by atoms with Crippen molar-refractivity contribution in [2.24, 2.45) is 5.92 Å². The Morgan fingerprint density at radius 3 is 2.60 bits per heavy atom. The van der Waals surface area contributed by atoms with Crippen LogP contribution in [0.15, 0.2) is 42.5 Å². The highest BCUT2D eigenvalue weighted by atomic mass is 35.5. The lowest BCUT2D eigenvalue weighted by molar-refractivity contribution is -0.117. The van der Waals surface area contributed by atoms with Crippen LogP contribution in [-0.2, 0) is 14.8 Å². The van der Waals surface area contributed by atoms with Crippen LogP contribution in [-0.4, -0.2) is 20.6 Å². The highest BCUT2D eigenvalue weighted by Crippen LogP contribution is 2.50. The van der Waals surface area contributed by atoms with E-state index in [1.807, 2.05) is 24.3 Å². The van der Waals surface area contributed by atoms with Gasteiger partial charge in [-0.3, -0.25) is 9.52 Å². The molecule has 1 fully saturated rings. The van der Waals surface area contributed by atoms with Gasteiger partial charge in [0.05, 0.1) is 11.9 Å². The maximum absolute atomic E-state index is 12.5. The quantitative estimate of drug-likeness (QED) is 0.831. The van der Waals surface area contributed by atoms with Crippen molar-refractivity contribution < 1.29 is 13.2 Å². The molecule has 1 aliphatic carbocycles. The molecule has 0 heterocycles. The second kappa shape index (κ2) is 6.69. The van der Waals surface area contributed by atoms with Gasteiger partial charge in [-0.25, -0.2) is 8.42 Å². The topological polar surface area (TPSA) is 75.3 Å². The van der Waals surface area contributed by atoms with Gasteiger partial charge in [-0.1, -0.05) is 35.9 Å². The summed E-state index contributed by atoms with van der Waals surface area (Å²) < 4.78 is 25.3. The minimum absolute atomic E-state index is 0.0842. The van der Waals surface area contributed by atoms with Gasteiger partial charge in [0.15, 0.2) is 0 Å². The number of halogens is 1. The van der Waals surface area contributed by atoms with Crippen LogP contribution in [0.2, 0.25) is 5.02 Å². The summed E-state index contributed by atoms with van der Waals surface area (Å²) in [6.07, 6.45) is 1.85. The molecule has 1 amide bonds. The lowest BCUT2D eigenvalue weighted by Crippen LogP contribution is -2.15. The van der Waals surface area contributed by atoms with Crippen molar-refractivity contribution in [3.05, 3.63) is 58.6 Å². The summed E-state index contributed by atoms with van der Waals surface area (Å²) >= 11 is 6.19. The molecule has 2 N–H and O–H groups in total. The van der Waals surface area contributed by atoms with Crippen LogP contribution in [0.3, 0.4) is 0 Å². The molecule has 132 valence electrons. The fourth-order valence-corrected chi connectivity index (χ4v) is 3.74. The molecule has 0 aromatic heterocycles. The van der Waals surface area contributed by atoms with Crippen molar-refractivity contribution in [3.63, 3.8) is 0 Å². The summed E-state index contributed by atoms with van der Waals surface area (Å²) in [7, 11) is -3.38. The van der Waals surface area contributed by atoms with Crippen molar-refractivity contribution in [1.29, 1.82) is 0 Å². The van der Waals surface area contributed by atoms with Crippen LogP contribution in [0.1, 0.15) is 23.5 Å². The SMILES string of the molecule is Cc1ccc(NC(=O)C2CC2c2ccccc2Cl)cc1NS(C)(=O)=O. The number of carbonyl (C=O) groups is 1. The van der Waals surface area contributed by atoms with E-state index in [9.17, 15) is 13.2 Å². The van der Waals surface area contributed by atoms with E-state index in [0.717, 1.165) is 23.8 Å². The first kappa shape index (κ1) is 17.8. The predicted molar refractivity (Wildman–Crippen MR) is 101 cm³/mol. The summed E-state index contributed by atoms with van der Waals surface area (Å²) in [6.45, 7) is 1.80. The van der Waals surface area contributed by atoms with E-state index >= 15 is 0 Å². The van der Waals surface area contributed by atoms with Crippen molar-refractivity contribution in [1.82, 2.24) is 0 Å². The average molecular weight is 379 g/mol. The summed E-state index contributed by atoms with van der Waals surface area (Å²) in [5.74, 6) is -0.0700. The van der Waals surface area contributed by atoms with Gasteiger partial charge in [-0.05, 0) is 48.6 Å². The molecule has 0 saturated heterocycles. The summed E-state index contributed by atoms with van der Waals surface area (Å²) in [6, 6.07) is 12.7.